The van der Waals surface area contributed by atoms with Gasteiger partial charge in [0.1, 0.15) is 0 Å². The first-order valence-corrected chi connectivity index (χ1v) is 6.16. The van der Waals surface area contributed by atoms with Crippen molar-refractivity contribution in [3.05, 3.63) is 5.33 Å². The van der Waals surface area contributed by atoms with Crippen LogP contribution in [0.1, 0.15) is 58.8 Å². The normalized spacial score (nSPS) is 13.2. The number of halogens is 1. The second-order valence-electron chi connectivity index (χ2n) is 3.66. The molecule has 0 saturated heterocycles. The lowest BCUT2D eigenvalue weighted by molar-refractivity contribution is 0.538. The number of hydrogen-bond acceptors (Lipinski definition) is 0. The van der Waals surface area contributed by atoms with Crippen LogP contribution < -0.4 is 0 Å². The Balaban J connectivity index is 2.90. The van der Waals surface area contributed by atoms with Gasteiger partial charge in [-0.15, -0.1) is 0 Å². The lowest BCUT2D eigenvalue weighted by Gasteiger charge is -2.05. The third kappa shape index (κ3) is 8.58. The van der Waals surface area contributed by atoms with Crippen LogP contribution in [0.4, 0.5) is 0 Å². The van der Waals surface area contributed by atoms with Crippen LogP contribution in [0.3, 0.4) is 0 Å². The molecule has 0 aliphatic heterocycles. The van der Waals surface area contributed by atoms with Crippen molar-refractivity contribution >= 4 is 15.9 Å². The number of rotatable bonds is 8. The molecule has 1 atom stereocenters. The molecule has 0 bridgehead atoms. The summed E-state index contributed by atoms with van der Waals surface area (Å²) in [6.45, 7) is 4.53. The van der Waals surface area contributed by atoms with E-state index in [4.69, 9.17) is 0 Å². The van der Waals surface area contributed by atoms with E-state index in [2.05, 4.69) is 35.1 Å². The Labute approximate surface area is 86.3 Å². The molecule has 0 rings (SSSR count). The van der Waals surface area contributed by atoms with Crippen molar-refractivity contribution < 1.29 is 0 Å². The Bertz CT molecular complexity index is 81.1. The van der Waals surface area contributed by atoms with Crippen molar-refractivity contribution in [2.24, 2.45) is 5.92 Å². The summed E-state index contributed by atoms with van der Waals surface area (Å²) in [5.41, 5.74) is 0. The van der Waals surface area contributed by atoms with Crippen LogP contribution in [0, 0.1) is 11.2 Å². The van der Waals surface area contributed by atoms with Crippen molar-refractivity contribution in [3.63, 3.8) is 0 Å². The fraction of sp³-hybridized carbons (Fsp3) is 0.909. The van der Waals surface area contributed by atoms with Gasteiger partial charge in [-0.2, -0.15) is 0 Å². The van der Waals surface area contributed by atoms with E-state index in [0.717, 1.165) is 5.92 Å². The van der Waals surface area contributed by atoms with Gasteiger partial charge in [0, 0.05) is 5.33 Å². The van der Waals surface area contributed by atoms with Crippen LogP contribution in [0.2, 0.25) is 0 Å². The molecule has 12 heavy (non-hydrogen) atoms. The standard InChI is InChI=1S/C11H22Br/c1-3-4-5-6-7-8-9-11(2)10-12/h10-11H,3-9H2,1-2H3. The second kappa shape index (κ2) is 9.57. The molecule has 0 aromatic carbocycles. The summed E-state index contributed by atoms with van der Waals surface area (Å²) in [4.78, 5) is 0. The summed E-state index contributed by atoms with van der Waals surface area (Å²) >= 11 is 3.38. The predicted octanol–water partition coefficient (Wildman–Crippen LogP) is 4.93. The molecule has 0 aromatic rings. The van der Waals surface area contributed by atoms with Crippen molar-refractivity contribution in [3.8, 4) is 0 Å². The van der Waals surface area contributed by atoms with Gasteiger partial charge in [-0.25, -0.2) is 0 Å². The van der Waals surface area contributed by atoms with Crippen molar-refractivity contribution in [2.75, 3.05) is 0 Å². The smallest absolute Gasteiger partial charge is 0.0299 e. The summed E-state index contributed by atoms with van der Waals surface area (Å²) in [6, 6.07) is 0. The van der Waals surface area contributed by atoms with Gasteiger partial charge in [-0.05, 0) is 12.3 Å². The molecule has 0 saturated carbocycles. The zero-order chi connectivity index (χ0) is 9.23. The van der Waals surface area contributed by atoms with Crippen molar-refractivity contribution in [1.29, 1.82) is 0 Å². The lowest BCUT2D eigenvalue weighted by atomic mass is 10.0. The maximum absolute atomic E-state index is 3.38. The van der Waals surface area contributed by atoms with Crippen LogP contribution in [-0.4, -0.2) is 0 Å². The SMILES string of the molecule is CCCCCCCCC(C)[CH]Br. The lowest BCUT2D eigenvalue weighted by Crippen LogP contribution is -1.90. The summed E-state index contributed by atoms with van der Waals surface area (Å²) in [7, 11) is 0. The third-order valence-electron chi connectivity index (χ3n) is 2.23. The van der Waals surface area contributed by atoms with Gasteiger partial charge in [0.2, 0.25) is 0 Å². The number of hydrogen-bond donors (Lipinski definition) is 0. The highest BCUT2D eigenvalue weighted by molar-refractivity contribution is 9.10. The molecule has 0 aliphatic rings. The van der Waals surface area contributed by atoms with Gasteiger partial charge in [-0.3, -0.25) is 0 Å². The molecule has 0 heterocycles. The highest BCUT2D eigenvalue weighted by Gasteiger charge is 1.98. The minimum atomic E-state index is 0.746. The first-order chi connectivity index (χ1) is 5.81. The minimum absolute atomic E-state index is 0.746. The Morgan fingerprint density at radius 2 is 1.67 bits per heavy atom. The van der Waals surface area contributed by atoms with Crippen LogP contribution in [0.15, 0.2) is 0 Å². The van der Waals surface area contributed by atoms with Crippen LogP contribution in [0.5, 0.6) is 0 Å². The Morgan fingerprint density at radius 3 is 2.25 bits per heavy atom. The molecule has 0 nitrogen and oxygen atoms in total. The van der Waals surface area contributed by atoms with Crippen LogP contribution >= 0.6 is 15.9 Å². The molecule has 0 fully saturated rings. The molecule has 0 aromatic heterocycles. The van der Waals surface area contributed by atoms with Gasteiger partial charge >= 0.3 is 0 Å². The average Bonchev–Trinajstić information content (AvgIpc) is 2.10. The highest BCUT2D eigenvalue weighted by atomic mass is 79.9. The quantitative estimate of drug-likeness (QED) is 0.522. The maximum atomic E-state index is 3.38. The van der Waals surface area contributed by atoms with E-state index < -0.39 is 0 Å². The molecular weight excluding hydrogens is 212 g/mol. The summed E-state index contributed by atoms with van der Waals surface area (Å²) in [5.74, 6) is 0.746. The number of unbranched alkanes of at least 4 members (excludes halogenated alkanes) is 5. The molecule has 73 valence electrons. The summed E-state index contributed by atoms with van der Waals surface area (Å²) in [6.07, 6.45) is 9.80. The molecule has 0 aliphatic carbocycles. The summed E-state index contributed by atoms with van der Waals surface area (Å²) in [5, 5.41) is 2.12. The molecule has 1 radical (unpaired) electrons. The van der Waals surface area contributed by atoms with Gasteiger partial charge in [0.05, 0.1) is 0 Å². The molecule has 0 amide bonds. The zero-order valence-electron chi connectivity index (χ0n) is 8.48. The Morgan fingerprint density at radius 1 is 1.08 bits per heavy atom. The van der Waals surface area contributed by atoms with E-state index in [1.54, 1.807) is 0 Å². The van der Waals surface area contributed by atoms with Crippen LogP contribution in [-0.2, 0) is 0 Å². The Kier molecular flexibility index (Phi) is 9.95. The largest absolute Gasteiger partial charge is 0.0876 e. The molecule has 1 heteroatoms. The van der Waals surface area contributed by atoms with Crippen LogP contribution in [0.25, 0.3) is 0 Å². The van der Waals surface area contributed by atoms with Gasteiger partial charge in [-0.1, -0.05) is 68.3 Å². The van der Waals surface area contributed by atoms with E-state index >= 15 is 0 Å². The van der Waals surface area contributed by atoms with E-state index in [9.17, 15) is 0 Å². The van der Waals surface area contributed by atoms with Gasteiger partial charge < -0.3 is 0 Å². The van der Waals surface area contributed by atoms with E-state index in [1.807, 2.05) is 0 Å². The fourth-order valence-corrected chi connectivity index (χ4v) is 1.57. The van der Waals surface area contributed by atoms with E-state index in [0.29, 0.717) is 0 Å². The molecule has 0 spiro atoms. The van der Waals surface area contributed by atoms with Gasteiger partial charge in [0.15, 0.2) is 0 Å². The van der Waals surface area contributed by atoms with E-state index in [1.165, 1.54) is 44.9 Å². The highest BCUT2D eigenvalue weighted by Crippen LogP contribution is 2.16. The zero-order valence-corrected chi connectivity index (χ0v) is 10.1. The maximum Gasteiger partial charge on any atom is 0.0299 e. The fourth-order valence-electron chi connectivity index (χ4n) is 1.31. The predicted molar refractivity (Wildman–Crippen MR) is 60.4 cm³/mol. The Hall–Kier alpha value is 0.480. The van der Waals surface area contributed by atoms with E-state index in [-0.39, 0.29) is 0 Å². The van der Waals surface area contributed by atoms with Crippen molar-refractivity contribution in [1.82, 2.24) is 0 Å². The molecule has 1 unspecified atom stereocenters. The van der Waals surface area contributed by atoms with Crippen molar-refractivity contribution in [2.45, 2.75) is 58.8 Å². The third-order valence-corrected chi connectivity index (χ3v) is 3.13. The summed E-state index contributed by atoms with van der Waals surface area (Å²) < 4.78 is 0. The average molecular weight is 234 g/mol. The van der Waals surface area contributed by atoms with Gasteiger partial charge in [0.25, 0.3) is 0 Å². The topological polar surface area (TPSA) is 0 Å². The molecule has 0 N–H and O–H groups in total. The minimum Gasteiger partial charge on any atom is -0.0876 e. The first-order valence-electron chi connectivity index (χ1n) is 5.24. The first kappa shape index (κ1) is 12.5. The monoisotopic (exact) mass is 233 g/mol. The second-order valence-corrected chi connectivity index (χ2v) is 4.19. The molecular formula is C11H22Br.